The number of rotatable bonds is 0. The average molecular weight is 242 g/mol. The molecule has 90 valence electrons. The van der Waals surface area contributed by atoms with E-state index in [1.54, 1.807) is 0 Å². The number of benzene rings is 2. The van der Waals surface area contributed by atoms with Gasteiger partial charge in [0.15, 0.2) is 0 Å². The highest BCUT2D eigenvalue weighted by atomic mass is 14.3. The molecule has 0 saturated carbocycles. The quantitative estimate of drug-likeness (QED) is 0.521. The van der Waals surface area contributed by atoms with Crippen molar-refractivity contribution in [1.29, 1.82) is 0 Å². The third-order valence-corrected chi connectivity index (χ3v) is 3.89. The monoisotopic (exact) mass is 242 g/mol. The fraction of sp³-hybridized carbons (Fsp3) is 0.0526. The largest absolute Gasteiger partial charge is 0.0801 e. The van der Waals surface area contributed by atoms with E-state index in [0.29, 0.717) is 0 Å². The molecule has 2 aromatic rings. The Hall–Kier alpha value is -2.34. The zero-order valence-corrected chi connectivity index (χ0v) is 10.6. The van der Waals surface area contributed by atoms with Crippen LogP contribution in [0.5, 0.6) is 0 Å². The van der Waals surface area contributed by atoms with Gasteiger partial charge in [-0.2, -0.15) is 0 Å². The molecule has 0 heterocycles. The van der Waals surface area contributed by atoms with Crippen molar-refractivity contribution in [2.24, 2.45) is 0 Å². The summed E-state index contributed by atoms with van der Waals surface area (Å²) < 4.78 is 0. The summed E-state index contributed by atoms with van der Waals surface area (Å²) in [6, 6.07) is 17.4. The second-order valence-corrected chi connectivity index (χ2v) is 4.98. The minimum Gasteiger partial charge on any atom is -0.0801 e. The van der Waals surface area contributed by atoms with Crippen molar-refractivity contribution in [3.05, 3.63) is 89.5 Å². The zero-order valence-electron chi connectivity index (χ0n) is 10.6. The van der Waals surface area contributed by atoms with Gasteiger partial charge in [0.1, 0.15) is 0 Å². The van der Waals surface area contributed by atoms with Gasteiger partial charge < -0.3 is 0 Å². The molecule has 2 aliphatic carbocycles. The van der Waals surface area contributed by atoms with Gasteiger partial charge in [0.25, 0.3) is 0 Å². The Bertz CT molecular complexity index is 695. The molecule has 0 saturated heterocycles. The van der Waals surface area contributed by atoms with E-state index in [2.05, 4.69) is 72.8 Å². The van der Waals surface area contributed by atoms with Crippen LogP contribution >= 0.6 is 0 Å². The normalized spacial score (nSPS) is 15.6. The Morgan fingerprint density at radius 1 is 0.632 bits per heavy atom. The van der Waals surface area contributed by atoms with Gasteiger partial charge in [-0.3, -0.25) is 0 Å². The maximum absolute atomic E-state index is 2.24. The van der Waals surface area contributed by atoms with Gasteiger partial charge >= 0.3 is 0 Å². The second-order valence-electron chi connectivity index (χ2n) is 4.98. The molecule has 0 aromatic heterocycles. The lowest BCUT2D eigenvalue weighted by atomic mass is 9.94. The van der Waals surface area contributed by atoms with Crippen molar-refractivity contribution in [1.82, 2.24) is 0 Å². The van der Waals surface area contributed by atoms with Gasteiger partial charge in [-0.15, -0.1) is 0 Å². The topological polar surface area (TPSA) is 0 Å². The van der Waals surface area contributed by atoms with E-state index in [9.17, 15) is 0 Å². The summed E-state index contributed by atoms with van der Waals surface area (Å²) in [7, 11) is 0. The van der Waals surface area contributed by atoms with Crippen LogP contribution in [0.3, 0.4) is 0 Å². The number of fused-ring (bicyclic) bond motifs is 3. The summed E-state index contributed by atoms with van der Waals surface area (Å²) >= 11 is 0. The molecule has 19 heavy (non-hydrogen) atoms. The number of hydrogen-bond donors (Lipinski definition) is 0. The summed E-state index contributed by atoms with van der Waals surface area (Å²) in [5, 5.41) is 0. The average Bonchev–Trinajstić information content (AvgIpc) is 2.83. The third-order valence-electron chi connectivity index (χ3n) is 3.89. The molecule has 0 amide bonds. The van der Waals surface area contributed by atoms with Crippen molar-refractivity contribution in [3.63, 3.8) is 0 Å². The first-order valence-electron chi connectivity index (χ1n) is 6.71. The number of allylic oxidation sites excluding steroid dienone is 5. The fourth-order valence-corrected chi connectivity index (χ4v) is 3.06. The summed E-state index contributed by atoms with van der Waals surface area (Å²) in [6.45, 7) is 0. The molecule has 0 fully saturated rings. The van der Waals surface area contributed by atoms with Crippen LogP contribution < -0.4 is 0 Å². The van der Waals surface area contributed by atoms with Crippen molar-refractivity contribution in [2.45, 2.75) is 6.42 Å². The molecule has 0 aliphatic heterocycles. The smallest absolute Gasteiger partial charge is 0.00637 e. The van der Waals surface area contributed by atoms with Crippen LogP contribution in [-0.2, 0) is 0 Å². The van der Waals surface area contributed by atoms with E-state index in [1.165, 1.54) is 33.4 Å². The predicted octanol–water partition coefficient (Wildman–Crippen LogP) is 4.99. The van der Waals surface area contributed by atoms with E-state index in [4.69, 9.17) is 0 Å². The highest BCUT2D eigenvalue weighted by molar-refractivity contribution is 6.02. The SMILES string of the molecule is C1=CCC(=C2c3ccccc3-c3ccccc32)C=C1. The lowest BCUT2D eigenvalue weighted by Crippen LogP contribution is -1.90. The van der Waals surface area contributed by atoms with Crippen LogP contribution in [0.2, 0.25) is 0 Å². The summed E-state index contributed by atoms with van der Waals surface area (Å²) in [5.74, 6) is 0. The van der Waals surface area contributed by atoms with E-state index >= 15 is 0 Å². The Morgan fingerprint density at radius 2 is 1.21 bits per heavy atom. The fourth-order valence-electron chi connectivity index (χ4n) is 3.06. The maximum Gasteiger partial charge on any atom is -0.00637 e. The minimum absolute atomic E-state index is 1.02. The van der Waals surface area contributed by atoms with E-state index in [1.807, 2.05) is 0 Å². The van der Waals surface area contributed by atoms with Crippen LogP contribution in [0.25, 0.3) is 16.7 Å². The van der Waals surface area contributed by atoms with Crippen molar-refractivity contribution in [3.8, 4) is 11.1 Å². The van der Waals surface area contributed by atoms with Gasteiger partial charge in [0.2, 0.25) is 0 Å². The molecule has 0 N–H and O–H groups in total. The Morgan fingerprint density at radius 3 is 1.74 bits per heavy atom. The molecule has 0 bridgehead atoms. The predicted molar refractivity (Wildman–Crippen MR) is 80.8 cm³/mol. The van der Waals surface area contributed by atoms with E-state index in [-0.39, 0.29) is 0 Å². The van der Waals surface area contributed by atoms with Crippen LogP contribution in [0.4, 0.5) is 0 Å². The summed E-state index contributed by atoms with van der Waals surface area (Å²) in [5.41, 5.74) is 8.30. The third kappa shape index (κ3) is 1.53. The molecule has 0 nitrogen and oxygen atoms in total. The lowest BCUT2D eigenvalue weighted by Gasteiger charge is -2.10. The molecular weight excluding hydrogens is 228 g/mol. The highest BCUT2D eigenvalue weighted by Crippen LogP contribution is 2.46. The van der Waals surface area contributed by atoms with Gasteiger partial charge in [-0.1, -0.05) is 72.8 Å². The van der Waals surface area contributed by atoms with Crippen molar-refractivity contribution in [2.75, 3.05) is 0 Å². The van der Waals surface area contributed by atoms with Gasteiger partial charge in [0, 0.05) is 0 Å². The van der Waals surface area contributed by atoms with Crippen LogP contribution in [0.15, 0.2) is 78.4 Å². The van der Waals surface area contributed by atoms with Crippen molar-refractivity contribution >= 4 is 5.57 Å². The molecule has 2 aromatic carbocycles. The first-order chi connectivity index (χ1) is 9.45. The Kier molecular flexibility index (Phi) is 2.28. The molecule has 0 spiro atoms. The number of hydrogen-bond acceptors (Lipinski definition) is 0. The van der Waals surface area contributed by atoms with Gasteiger partial charge in [-0.05, 0) is 39.8 Å². The molecule has 0 radical (unpaired) electrons. The Balaban J connectivity index is 2.07. The molecule has 4 rings (SSSR count). The van der Waals surface area contributed by atoms with Crippen LogP contribution in [0.1, 0.15) is 17.5 Å². The second kappa shape index (κ2) is 4.10. The van der Waals surface area contributed by atoms with E-state index < -0.39 is 0 Å². The summed E-state index contributed by atoms with van der Waals surface area (Å²) in [6.07, 6.45) is 9.75. The molecule has 0 heteroatoms. The van der Waals surface area contributed by atoms with E-state index in [0.717, 1.165) is 6.42 Å². The molecular formula is C19H14. The lowest BCUT2D eigenvalue weighted by molar-refractivity contribution is 1.27. The minimum atomic E-state index is 1.02. The van der Waals surface area contributed by atoms with Crippen LogP contribution in [0, 0.1) is 0 Å². The van der Waals surface area contributed by atoms with Crippen LogP contribution in [-0.4, -0.2) is 0 Å². The first kappa shape index (κ1) is 10.6. The standard InChI is InChI=1S/C19H14/c1-2-8-14(9-3-1)19-17-12-6-4-10-15(17)16-11-5-7-13-18(16)19/h1-8,10-13H,9H2. The summed E-state index contributed by atoms with van der Waals surface area (Å²) in [4.78, 5) is 0. The van der Waals surface area contributed by atoms with Crippen molar-refractivity contribution < 1.29 is 0 Å². The van der Waals surface area contributed by atoms with Gasteiger partial charge in [0.05, 0.1) is 0 Å². The highest BCUT2D eigenvalue weighted by Gasteiger charge is 2.24. The van der Waals surface area contributed by atoms with Gasteiger partial charge in [-0.25, -0.2) is 0 Å². The first-order valence-corrected chi connectivity index (χ1v) is 6.71. The molecule has 2 aliphatic rings. The molecule has 0 unspecified atom stereocenters. The Labute approximate surface area is 113 Å². The maximum atomic E-state index is 2.24. The zero-order chi connectivity index (χ0) is 12.7. The molecule has 0 atom stereocenters.